The van der Waals surface area contributed by atoms with Crippen molar-refractivity contribution < 1.29 is 4.42 Å². The SMILES string of the molecule is N#CCCn1c(SCc2cc(=O)oc3cc4c(cc23)CCC4)nc2ccccc21. The fraction of sp³-hybridized carbons (Fsp3) is 0.261. The third-order valence-electron chi connectivity index (χ3n) is 5.47. The van der Waals surface area contributed by atoms with Gasteiger partial charge in [-0.25, -0.2) is 9.78 Å². The van der Waals surface area contributed by atoms with Gasteiger partial charge < -0.3 is 8.98 Å². The lowest BCUT2D eigenvalue weighted by Crippen LogP contribution is -2.02. The largest absolute Gasteiger partial charge is 0.423 e. The molecular formula is C23H19N3O2S. The molecule has 0 radical (unpaired) electrons. The number of nitrogens with zero attached hydrogens (tertiary/aromatic N) is 3. The van der Waals surface area contributed by atoms with Crippen molar-refractivity contribution in [3.8, 4) is 6.07 Å². The maximum absolute atomic E-state index is 12.1. The van der Waals surface area contributed by atoms with Crippen LogP contribution in [0.1, 0.15) is 29.5 Å². The Balaban J connectivity index is 1.53. The summed E-state index contributed by atoms with van der Waals surface area (Å²) in [7, 11) is 0. The highest BCUT2D eigenvalue weighted by Gasteiger charge is 2.16. The minimum atomic E-state index is -0.316. The van der Waals surface area contributed by atoms with E-state index in [0.717, 1.165) is 46.4 Å². The van der Waals surface area contributed by atoms with Crippen molar-refractivity contribution in [1.82, 2.24) is 9.55 Å². The minimum Gasteiger partial charge on any atom is -0.423 e. The monoisotopic (exact) mass is 401 g/mol. The molecule has 2 heterocycles. The molecule has 0 aliphatic heterocycles. The van der Waals surface area contributed by atoms with E-state index in [1.807, 2.05) is 30.3 Å². The highest BCUT2D eigenvalue weighted by Crippen LogP contribution is 2.32. The number of rotatable bonds is 5. The van der Waals surface area contributed by atoms with Crippen LogP contribution in [0.25, 0.3) is 22.0 Å². The first-order chi connectivity index (χ1) is 14.2. The van der Waals surface area contributed by atoms with Crippen molar-refractivity contribution in [3.05, 3.63) is 69.6 Å². The lowest BCUT2D eigenvalue weighted by atomic mass is 10.0. The molecule has 1 aliphatic rings. The summed E-state index contributed by atoms with van der Waals surface area (Å²) in [6.45, 7) is 0.602. The summed E-state index contributed by atoms with van der Waals surface area (Å²) in [5.74, 6) is 0.622. The van der Waals surface area contributed by atoms with Gasteiger partial charge >= 0.3 is 5.63 Å². The van der Waals surface area contributed by atoms with Gasteiger partial charge in [-0.15, -0.1) is 0 Å². The van der Waals surface area contributed by atoms with Crippen LogP contribution >= 0.6 is 11.8 Å². The topological polar surface area (TPSA) is 71.8 Å². The van der Waals surface area contributed by atoms with E-state index >= 15 is 0 Å². The maximum Gasteiger partial charge on any atom is 0.336 e. The van der Waals surface area contributed by atoms with Crippen LogP contribution in [0.2, 0.25) is 0 Å². The van der Waals surface area contributed by atoms with Gasteiger partial charge in [0.05, 0.1) is 23.5 Å². The zero-order chi connectivity index (χ0) is 19.8. The van der Waals surface area contributed by atoms with Crippen molar-refractivity contribution in [2.24, 2.45) is 0 Å². The summed E-state index contributed by atoms with van der Waals surface area (Å²) in [5, 5.41) is 10.9. The van der Waals surface area contributed by atoms with Gasteiger partial charge in [0.25, 0.3) is 0 Å². The second-order valence-electron chi connectivity index (χ2n) is 7.29. The molecule has 0 bridgehead atoms. The normalized spacial score (nSPS) is 13.1. The first kappa shape index (κ1) is 18.0. The van der Waals surface area contributed by atoms with E-state index in [0.29, 0.717) is 24.3 Å². The molecule has 144 valence electrons. The summed E-state index contributed by atoms with van der Waals surface area (Å²) in [4.78, 5) is 16.9. The van der Waals surface area contributed by atoms with Crippen LogP contribution in [0.3, 0.4) is 0 Å². The van der Waals surface area contributed by atoms with E-state index in [-0.39, 0.29) is 5.63 Å². The van der Waals surface area contributed by atoms with Crippen molar-refractivity contribution in [2.75, 3.05) is 0 Å². The minimum absolute atomic E-state index is 0.316. The highest BCUT2D eigenvalue weighted by molar-refractivity contribution is 7.98. The van der Waals surface area contributed by atoms with Crippen molar-refractivity contribution >= 4 is 33.8 Å². The molecule has 0 fully saturated rings. The van der Waals surface area contributed by atoms with Crippen molar-refractivity contribution in [3.63, 3.8) is 0 Å². The fourth-order valence-corrected chi connectivity index (χ4v) is 5.13. The Bertz CT molecular complexity index is 1330. The van der Waals surface area contributed by atoms with Crippen molar-refractivity contribution in [1.29, 1.82) is 5.26 Å². The Morgan fingerprint density at radius 1 is 1.17 bits per heavy atom. The number of thioether (sulfide) groups is 1. The van der Waals surface area contributed by atoms with Crippen LogP contribution in [0.15, 0.2) is 56.8 Å². The van der Waals surface area contributed by atoms with Gasteiger partial charge in [0.15, 0.2) is 5.16 Å². The summed E-state index contributed by atoms with van der Waals surface area (Å²) >= 11 is 1.60. The standard InChI is InChI=1S/C23H19N3O2S/c24-9-4-10-26-20-8-2-1-7-19(20)25-23(26)29-14-17-13-22(27)28-21-12-16-6-3-5-15(16)11-18(17)21/h1-2,7-8,11-13H,3-6,10,14H2. The molecule has 0 N–H and O–H groups in total. The number of nitriles is 1. The molecular weight excluding hydrogens is 382 g/mol. The van der Waals surface area contributed by atoms with E-state index in [1.165, 1.54) is 11.1 Å². The lowest BCUT2D eigenvalue weighted by Gasteiger charge is -2.09. The fourth-order valence-electron chi connectivity index (χ4n) is 4.10. The predicted molar refractivity (Wildman–Crippen MR) is 114 cm³/mol. The lowest BCUT2D eigenvalue weighted by molar-refractivity contribution is 0.559. The second kappa shape index (κ2) is 7.41. The average Bonchev–Trinajstić information content (AvgIpc) is 3.32. The number of hydrogen-bond acceptors (Lipinski definition) is 5. The number of aromatic nitrogens is 2. The first-order valence-corrected chi connectivity index (χ1v) is 10.7. The van der Waals surface area contributed by atoms with Crippen LogP contribution in [-0.4, -0.2) is 9.55 Å². The third kappa shape index (κ3) is 3.32. The molecule has 0 unspecified atom stereocenters. The van der Waals surface area contributed by atoms with Crippen LogP contribution in [-0.2, 0) is 25.1 Å². The summed E-state index contributed by atoms with van der Waals surface area (Å²) in [5.41, 5.74) is 5.93. The molecule has 6 heteroatoms. The molecule has 1 aliphatic carbocycles. The van der Waals surface area contributed by atoms with E-state index in [4.69, 9.17) is 14.7 Å². The number of imidazole rings is 1. The van der Waals surface area contributed by atoms with Crippen molar-refractivity contribution in [2.45, 2.75) is 43.1 Å². The molecule has 2 aromatic carbocycles. The van der Waals surface area contributed by atoms with E-state index in [9.17, 15) is 4.79 Å². The average molecular weight is 401 g/mol. The molecule has 2 aromatic heterocycles. The quantitative estimate of drug-likeness (QED) is 0.353. The Kier molecular flexibility index (Phi) is 4.61. The molecule has 0 saturated heterocycles. The summed E-state index contributed by atoms with van der Waals surface area (Å²) in [6.07, 6.45) is 3.72. The van der Waals surface area contributed by atoms with Crippen LogP contribution in [0.5, 0.6) is 0 Å². The molecule has 0 saturated carbocycles. The van der Waals surface area contributed by atoms with Crippen LogP contribution in [0, 0.1) is 11.3 Å². The van der Waals surface area contributed by atoms with Crippen LogP contribution in [0.4, 0.5) is 0 Å². The summed E-state index contributed by atoms with van der Waals surface area (Å²) in [6, 6.07) is 16.0. The molecule has 4 aromatic rings. The van der Waals surface area contributed by atoms with Gasteiger partial charge in [-0.1, -0.05) is 23.9 Å². The Morgan fingerprint density at radius 2 is 2.00 bits per heavy atom. The van der Waals surface area contributed by atoms with Gasteiger partial charge in [0.1, 0.15) is 5.58 Å². The smallest absolute Gasteiger partial charge is 0.336 e. The van der Waals surface area contributed by atoms with E-state index in [1.54, 1.807) is 17.8 Å². The van der Waals surface area contributed by atoms with Gasteiger partial charge in [-0.05, 0) is 60.2 Å². The highest BCUT2D eigenvalue weighted by atomic mass is 32.2. The zero-order valence-corrected chi connectivity index (χ0v) is 16.7. The molecule has 29 heavy (non-hydrogen) atoms. The van der Waals surface area contributed by atoms with Gasteiger partial charge in [-0.3, -0.25) is 0 Å². The number of para-hydroxylation sites is 2. The maximum atomic E-state index is 12.1. The molecule has 5 nitrogen and oxygen atoms in total. The van der Waals surface area contributed by atoms with Gasteiger partial charge in [-0.2, -0.15) is 5.26 Å². The molecule has 0 atom stereocenters. The Labute approximate surface area is 172 Å². The first-order valence-electron chi connectivity index (χ1n) is 9.76. The second-order valence-corrected chi connectivity index (χ2v) is 8.24. The van der Waals surface area contributed by atoms with E-state index in [2.05, 4.69) is 16.7 Å². The Morgan fingerprint density at radius 3 is 2.86 bits per heavy atom. The van der Waals surface area contributed by atoms with Gasteiger partial charge in [0, 0.05) is 23.8 Å². The number of aryl methyl sites for hydroxylation is 3. The van der Waals surface area contributed by atoms with Gasteiger partial charge in [0.2, 0.25) is 0 Å². The molecule has 5 rings (SSSR count). The molecule has 0 amide bonds. The number of benzene rings is 2. The number of fused-ring (bicyclic) bond motifs is 3. The zero-order valence-electron chi connectivity index (χ0n) is 15.9. The summed E-state index contributed by atoms with van der Waals surface area (Å²) < 4.78 is 7.57. The predicted octanol–water partition coefficient (Wildman–Crippen LogP) is 4.84. The third-order valence-corrected chi connectivity index (χ3v) is 6.49. The number of hydrogen-bond donors (Lipinski definition) is 0. The van der Waals surface area contributed by atoms with E-state index < -0.39 is 0 Å². The van der Waals surface area contributed by atoms with Crippen LogP contribution < -0.4 is 5.63 Å². The molecule has 0 spiro atoms. The Hall–Kier alpha value is -3.04.